The highest BCUT2D eigenvalue weighted by molar-refractivity contribution is 7.09. The fourth-order valence-corrected chi connectivity index (χ4v) is 4.50. The third-order valence-electron chi connectivity index (χ3n) is 5.84. The van der Waals surface area contributed by atoms with Gasteiger partial charge in [0.2, 0.25) is 17.6 Å². The van der Waals surface area contributed by atoms with Crippen molar-refractivity contribution in [2.75, 3.05) is 32.7 Å². The van der Waals surface area contributed by atoms with Gasteiger partial charge in [-0.15, -0.1) is 11.3 Å². The van der Waals surface area contributed by atoms with E-state index in [0.29, 0.717) is 30.5 Å². The molecule has 6 nitrogen and oxygen atoms in total. The number of aromatic nitrogens is 2. The molecule has 0 unspecified atom stereocenters. The minimum atomic E-state index is 0.166. The van der Waals surface area contributed by atoms with Crippen LogP contribution in [0.4, 0.5) is 0 Å². The molecule has 164 valence electrons. The maximum atomic E-state index is 12.6. The monoisotopic (exact) mass is 438 g/mol. The van der Waals surface area contributed by atoms with Crippen LogP contribution in [0.25, 0.3) is 11.4 Å². The molecule has 0 spiro atoms. The van der Waals surface area contributed by atoms with Crippen LogP contribution >= 0.6 is 11.3 Å². The van der Waals surface area contributed by atoms with Gasteiger partial charge in [-0.05, 0) is 29.3 Å². The normalized spacial score (nSPS) is 15.0. The number of benzene rings is 1. The van der Waals surface area contributed by atoms with Crippen molar-refractivity contribution in [2.24, 2.45) is 0 Å². The first-order chi connectivity index (χ1) is 15.1. The second-order valence-corrected chi connectivity index (χ2v) is 9.37. The summed E-state index contributed by atoms with van der Waals surface area (Å²) in [6, 6.07) is 12.5. The zero-order valence-electron chi connectivity index (χ0n) is 18.3. The summed E-state index contributed by atoms with van der Waals surface area (Å²) in [7, 11) is 0. The summed E-state index contributed by atoms with van der Waals surface area (Å²) in [5, 5.41) is 6.21. The van der Waals surface area contributed by atoms with E-state index in [4.69, 9.17) is 4.52 Å². The zero-order chi connectivity index (χ0) is 21.6. The number of carbonyl (C=O) groups is 1. The first-order valence-electron chi connectivity index (χ1n) is 11.0. The van der Waals surface area contributed by atoms with Gasteiger partial charge in [-0.3, -0.25) is 9.69 Å². The lowest BCUT2D eigenvalue weighted by molar-refractivity contribution is -0.133. The number of piperazine rings is 1. The first-order valence-corrected chi connectivity index (χ1v) is 11.9. The Morgan fingerprint density at radius 1 is 1.10 bits per heavy atom. The summed E-state index contributed by atoms with van der Waals surface area (Å²) in [5.74, 6) is 1.76. The van der Waals surface area contributed by atoms with Crippen molar-refractivity contribution in [2.45, 2.75) is 39.0 Å². The van der Waals surface area contributed by atoms with Crippen molar-refractivity contribution in [1.82, 2.24) is 19.9 Å². The van der Waals surface area contributed by atoms with Crippen molar-refractivity contribution >= 4 is 17.2 Å². The van der Waals surface area contributed by atoms with Crippen LogP contribution in [0.3, 0.4) is 0 Å². The van der Waals surface area contributed by atoms with Crippen molar-refractivity contribution in [1.29, 1.82) is 0 Å². The molecule has 4 rings (SSSR count). The van der Waals surface area contributed by atoms with E-state index in [0.717, 1.165) is 44.7 Å². The molecule has 0 aliphatic carbocycles. The highest BCUT2D eigenvalue weighted by Crippen LogP contribution is 2.21. The first kappa shape index (κ1) is 21.7. The Bertz CT molecular complexity index is 958. The highest BCUT2D eigenvalue weighted by Gasteiger charge is 2.21. The summed E-state index contributed by atoms with van der Waals surface area (Å²) in [6.45, 7) is 8.86. The predicted octanol–water partition coefficient (Wildman–Crippen LogP) is 4.24. The minimum absolute atomic E-state index is 0.166. The molecule has 0 saturated carbocycles. The predicted molar refractivity (Wildman–Crippen MR) is 123 cm³/mol. The summed E-state index contributed by atoms with van der Waals surface area (Å²) < 4.78 is 5.38. The van der Waals surface area contributed by atoms with Gasteiger partial charge in [0.25, 0.3) is 0 Å². The van der Waals surface area contributed by atoms with Crippen LogP contribution in [-0.2, 0) is 17.6 Å². The zero-order valence-corrected chi connectivity index (χ0v) is 19.1. The molecule has 1 aromatic carbocycles. The largest absolute Gasteiger partial charge is 0.340 e. The second-order valence-electron chi connectivity index (χ2n) is 8.34. The number of hydrogen-bond donors (Lipinski definition) is 0. The molecule has 3 heterocycles. The standard InChI is InChI=1S/C24H30N4O2S/c1-18(2)19-5-7-20(8-6-19)24-25-22(30-26-24)9-10-23(29)28-15-13-27(14-16-28)12-11-21-4-3-17-31-21/h3-8,17-18H,9-16H2,1-2H3. The SMILES string of the molecule is CC(C)c1ccc(-c2noc(CCC(=O)N3CCN(CCc4cccs4)CC3)n2)cc1. The Morgan fingerprint density at radius 2 is 1.87 bits per heavy atom. The average molecular weight is 439 g/mol. The molecule has 0 bridgehead atoms. The molecule has 1 amide bonds. The van der Waals surface area contributed by atoms with E-state index < -0.39 is 0 Å². The van der Waals surface area contributed by atoms with Gasteiger partial charge < -0.3 is 9.42 Å². The summed E-state index contributed by atoms with van der Waals surface area (Å²) >= 11 is 1.81. The molecule has 0 N–H and O–H groups in total. The van der Waals surface area contributed by atoms with Crippen LogP contribution in [0.1, 0.15) is 42.5 Å². The maximum absolute atomic E-state index is 12.6. The van der Waals surface area contributed by atoms with E-state index in [1.165, 1.54) is 10.4 Å². The van der Waals surface area contributed by atoms with Crippen LogP contribution in [0.15, 0.2) is 46.3 Å². The number of rotatable bonds is 8. The lowest BCUT2D eigenvalue weighted by Crippen LogP contribution is -2.49. The number of amides is 1. The molecule has 1 fully saturated rings. The molecule has 2 aromatic heterocycles. The average Bonchev–Trinajstić information content (AvgIpc) is 3.49. The van der Waals surface area contributed by atoms with Crippen LogP contribution in [0, 0.1) is 0 Å². The molecule has 0 radical (unpaired) electrons. The molecule has 7 heteroatoms. The van der Waals surface area contributed by atoms with Gasteiger partial charge in [-0.25, -0.2) is 0 Å². The Labute approximate surface area is 187 Å². The van der Waals surface area contributed by atoms with E-state index in [9.17, 15) is 4.79 Å². The Kier molecular flexibility index (Phi) is 7.14. The highest BCUT2D eigenvalue weighted by atomic mass is 32.1. The van der Waals surface area contributed by atoms with Gasteiger partial charge in [-0.2, -0.15) is 4.98 Å². The second kappa shape index (κ2) is 10.2. The quantitative estimate of drug-likeness (QED) is 0.526. The van der Waals surface area contributed by atoms with Crippen LogP contribution in [0.5, 0.6) is 0 Å². The number of carbonyl (C=O) groups excluding carboxylic acids is 1. The van der Waals surface area contributed by atoms with Crippen molar-refractivity contribution in [3.63, 3.8) is 0 Å². The molecule has 31 heavy (non-hydrogen) atoms. The van der Waals surface area contributed by atoms with Crippen LogP contribution in [-0.4, -0.2) is 58.6 Å². The van der Waals surface area contributed by atoms with Gasteiger partial charge in [-0.1, -0.05) is 49.3 Å². The lowest BCUT2D eigenvalue weighted by Gasteiger charge is -2.34. The molecular weight excluding hydrogens is 408 g/mol. The third-order valence-corrected chi connectivity index (χ3v) is 6.77. The Morgan fingerprint density at radius 3 is 2.55 bits per heavy atom. The Balaban J connectivity index is 1.21. The molecular formula is C24H30N4O2S. The smallest absolute Gasteiger partial charge is 0.227 e. The number of thiophene rings is 1. The van der Waals surface area contributed by atoms with Gasteiger partial charge in [0.05, 0.1) is 0 Å². The minimum Gasteiger partial charge on any atom is -0.340 e. The third kappa shape index (κ3) is 5.80. The van der Waals surface area contributed by atoms with E-state index >= 15 is 0 Å². The van der Waals surface area contributed by atoms with Crippen LogP contribution in [0.2, 0.25) is 0 Å². The topological polar surface area (TPSA) is 62.5 Å². The number of nitrogens with zero attached hydrogens (tertiary/aromatic N) is 4. The lowest BCUT2D eigenvalue weighted by atomic mass is 10.0. The van der Waals surface area contributed by atoms with Crippen molar-refractivity contribution in [3.05, 3.63) is 58.1 Å². The number of hydrogen-bond acceptors (Lipinski definition) is 6. The molecule has 0 atom stereocenters. The van der Waals surface area contributed by atoms with E-state index in [2.05, 4.69) is 58.5 Å². The molecule has 1 aliphatic heterocycles. The van der Waals surface area contributed by atoms with Gasteiger partial charge >= 0.3 is 0 Å². The van der Waals surface area contributed by atoms with E-state index in [-0.39, 0.29) is 5.91 Å². The molecule has 1 aliphatic rings. The Hall–Kier alpha value is -2.51. The molecule has 1 saturated heterocycles. The van der Waals surface area contributed by atoms with Crippen LogP contribution < -0.4 is 0 Å². The summed E-state index contributed by atoms with van der Waals surface area (Å²) in [4.78, 5) is 22.9. The fourth-order valence-electron chi connectivity index (χ4n) is 3.81. The van der Waals surface area contributed by atoms with E-state index in [1.807, 2.05) is 28.4 Å². The number of aryl methyl sites for hydroxylation is 1. The van der Waals surface area contributed by atoms with Gasteiger partial charge in [0.15, 0.2) is 0 Å². The summed E-state index contributed by atoms with van der Waals surface area (Å²) in [5.41, 5.74) is 2.22. The molecule has 3 aromatic rings. The van der Waals surface area contributed by atoms with Gasteiger partial charge in [0, 0.05) is 56.0 Å². The fraction of sp³-hybridized carbons (Fsp3) is 0.458. The summed E-state index contributed by atoms with van der Waals surface area (Å²) in [6.07, 6.45) is 1.98. The maximum Gasteiger partial charge on any atom is 0.227 e. The van der Waals surface area contributed by atoms with Crippen molar-refractivity contribution in [3.8, 4) is 11.4 Å². The van der Waals surface area contributed by atoms with Crippen molar-refractivity contribution < 1.29 is 9.32 Å². The van der Waals surface area contributed by atoms with E-state index in [1.54, 1.807) is 0 Å². The van der Waals surface area contributed by atoms with Gasteiger partial charge in [0.1, 0.15) is 0 Å².